The first-order valence-electron chi connectivity index (χ1n) is 3.46. The SMILES string of the molecule is O=[C]NCN1CCNCC1. The van der Waals surface area contributed by atoms with E-state index in [1.807, 2.05) is 0 Å². The highest BCUT2D eigenvalue weighted by Gasteiger charge is 2.07. The molecule has 0 unspecified atom stereocenters. The van der Waals surface area contributed by atoms with Gasteiger partial charge in [-0.3, -0.25) is 9.69 Å². The van der Waals surface area contributed by atoms with Crippen molar-refractivity contribution >= 4 is 6.41 Å². The quantitative estimate of drug-likeness (QED) is 0.472. The fourth-order valence-electron chi connectivity index (χ4n) is 1.01. The van der Waals surface area contributed by atoms with E-state index in [0.29, 0.717) is 6.67 Å². The largest absolute Gasteiger partial charge is 0.335 e. The van der Waals surface area contributed by atoms with E-state index in [-0.39, 0.29) is 0 Å². The molecule has 1 fully saturated rings. The summed E-state index contributed by atoms with van der Waals surface area (Å²) in [6, 6.07) is 0. The van der Waals surface area contributed by atoms with Gasteiger partial charge in [0, 0.05) is 26.2 Å². The molecule has 1 heterocycles. The second-order valence-electron chi connectivity index (χ2n) is 2.30. The Hall–Kier alpha value is -0.610. The molecular weight excluding hydrogens is 130 g/mol. The third kappa shape index (κ3) is 2.33. The van der Waals surface area contributed by atoms with Crippen molar-refractivity contribution in [1.82, 2.24) is 15.5 Å². The van der Waals surface area contributed by atoms with Gasteiger partial charge in [0.15, 0.2) is 0 Å². The Bertz CT molecular complexity index is 101. The maximum atomic E-state index is 9.77. The first kappa shape index (κ1) is 7.50. The maximum Gasteiger partial charge on any atom is 0.310 e. The molecule has 2 N–H and O–H groups in total. The maximum absolute atomic E-state index is 9.77. The van der Waals surface area contributed by atoms with E-state index in [1.54, 1.807) is 6.41 Å². The van der Waals surface area contributed by atoms with Crippen molar-refractivity contribution < 1.29 is 4.79 Å². The van der Waals surface area contributed by atoms with E-state index in [0.717, 1.165) is 26.2 Å². The highest BCUT2D eigenvalue weighted by Crippen LogP contribution is 1.87. The van der Waals surface area contributed by atoms with Crippen LogP contribution in [0.5, 0.6) is 0 Å². The lowest BCUT2D eigenvalue weighted by Gasteiger charge is -2.26. The van der Waals surface area contributed by atoms with E-state index in [1.165, 1.54) is 0 Å². The molecule has 4 heteroatoms. The first-order chi connectivity index (χ1) is 4.93. The fourth-order valence-corrected chi connectivity index (χ4v) is 1.01. The van der Waals surface area contributed by atoms with Crippen LogP contribution < -0.4 is 10.6 Å². The van der Waals surface area contributed by atoms with Gasteiger partial charge in [-0.25, -0.2) is 0 Å². The van der Waals surface area contributed by atoms with Crippen LogP contribution in [0.1, 0.15) is 0 Å². The van der Waals surface area contributed by atoms with Gasteiger partial charge < -0.3 is 10.6 Å². The monoisotopic (exact) mass is 142 g/mol. The molecular formula is C6H12N3O. The number of nitrogens with one attached hydrogen (secondary N) is 2. The molecule has 57 valence electrons. The van der Waals surface area contributed by atoms with Crippen LogP contribution in [0.2, 0.25) is 0 Å². The van der Waals surface area contributed by atoms with Gasteiger partial charge in [-0.05, 0) is 0 Å². The Morgan fingerprint density at radius 3 is 2.80 bits per heavy atom. The van der Waals surface area contributed by atoms with E-state index < -0.39 is 0 Å². The zero-order valence-electron chi connectivity index (χ0n) is 5.89. The highest BCUT2D eigenvalue weighted by molar-refractivity contribution is 5.46. The number of hydrogen-bond donors (Lipinski definition) is 2. The summed E-state index contributed by atoms with van der Waals surface area (Å²) in [6.45, 7) is 4.68. The summed E-state index contributed by atoms with van der Waals surface area (Å²) >= 11 is 0. The van der Waals surface area contributed by atoms with Crippen molar-refractivity contribution in [3.8, 4) is 0 Å². The number of piperazine rings is 1. The van der Waals surface area contributed by atoms with Gasteiger partial charge in [0.2, 0.25) is 0 Å². The molecule has 1 aliphatic heterocycles. The number of hydrogen-bond acceptors (Lipinski definition) is 3. The molecule has 1 rings (SSSR count). The molecule has 1 saturated heterocycles. The summed E-state index contributed by atoms with van der Waals surface area (Å²) in [6.07, 6.45) is 1.65. The predicted molar refractivity (Wildman–Crippen MR) is 38.1 cm³/mol. The summed E-state index contributed by atoms with van der Waals surface area (Å²) in [7, 11) is 0. The lowest BCUT2D eigenvalue weighted by Crippen LogP contribution is -2.46. The second-order valence-corrected chi connectivity index (χ2v) is 2.30. The van der Waals surface area contributed by atoms with Crippen molar-refractivity contribution in [2.75, 3.05) is 32.8 Å². The number of nitrogens with zero attached hydrogens (tertiary/aromatic N) is 1. The summed E-state index contributed by atoms with van der Waals surface area (Å²) < 4.78 is 0. The minimum Gasteiger partial charge on any atom is -0.335 e. The van der Waals surface area contributed by atoms with Crippen molar-refractivity contribution in [3.05, 3.63) is 0 Å². The molecule has 1 aliphatic rings. The predicted octanol–water partition coefficient (Wildman–Crippen LogP) is -1.49. The topological polar surface area (TPSA) is 44.4 Å². The molecule has 1 amide bonds. The van der Waals surface area contributed by atoms with Gasteiger partial charge in [0.1, 0.15) is 0 Å². The number of rotatable bonds is 3. The molecule has 0 aliphatic carbocycles. The van der Waals surface area contributed by atoms with Crippen LogP contribution in [0.4, 0.5) is 0 Å². The van der Waals surface area contributed by atoms with Crippen LogP contribution >= 0.6 is 0 Å². The average Bonchev–Trinajstić information content (AvgIpc) is 2.03. The third-order valence-electron chi connectivity index (χ3n) is 1.58. The Balaban J connectivity index is 2.07. The van der Waals surface area contributed by atoms with Gasteiger partial charge in [-0.1, -0.05) is 0 Å². The summed E-state index contributed by atoms with van der Waals surface area (Å²) in [5.74, 6) is 0. The Kier molecular flexibility index (Phi) is 3.18. The van der Waals surface area contributed by atoms with Crippen molar-refractivity contribution in [1.29, 1.82) is 0 Å². The first-order valence-corrected chi connectivity index (χ1v) is 3.46. The summed E-state index contributed by atoms with van der Waals surface area (Å²) in [5, 5.41) is 5.73. The molecule has 0 spiro atoms. The second kappa shape index (κ2) is 4.24. The highest BCUT2D eigenvalue weighted by atomic mass is 16.1. The molecule has 0 aromatic rings. The lowest BCUT2D eigenvalue weighted by atomic mass is 10.4. The fraction of sp³-hybridized carbons (Fsp3) is 0.833. The Morgan fingerprint density at radius 1 is 1.50 bits per heavy atom. The normalized spacial score (nSPS) is 20.4. The third-order valence-corrected chi connectivity index (χ3v) is 1.58. The van der Waals surface area contributed by atoms with Gasteiger partial charge >= 0.3 is 6.41 Å². The summed E-state index contributed by atoms with van der Waals surface area (Å²) in [4.78, 5) is 11.9. The van der Waals surface area contributed by atoms with E-state index in [9.17, 15) is 4.79 Å². The molecule has 0 bridgehead atoms. The van der Waals surface area contributed by atoms with Gasteiger partial charge in [0.05, 0.1) is 6.67 Å². The molecule has 0 saturated carbocycles. The zero-order valence-corrected chi connectivity index (χ0v) is 5.89. The van der Waals surface area contributed by atoms with Gasteiger partial charge in [-0.15, -0.1) is 0 Å². The van der Waals surface area contributed by atoms with Gasteiger partial charge in [-0.2, -0.15) is 0 Å². The Morgan fingerprint density at radius 2 is 2.20 bits per heavy atom. The molecule has 0 atom stereocenters. The van der Waals surface area contributed by atoms with Crippen LogP contribution in [0.15, 0.2) is 0 Å². The van der Waals surface area contributed by atoms with E-state index >= 15 is 0 Å². The van der Waals surface area contributed by atoms with E-state index in [2.05, 4.69) is 15.5 Å². The molecule has 4 nitrogen and oxygen atoms in total. The van der Waals surface area contributed by atoms with Gasteiger partial charge in [0.25, 0.3) is 0 Å². The van der Waals surface area contributed by atoms with Crippen molar-refractivity contribution in [3.63, 3.8) is 0 Å². The van der Waals surface area contributed by atoms with Crippen LogP contribution in [0.3, 0.4) is 0 Å². The van der Waals surface area contributed by atoms with Crippen LogP contribution in [0, 0.1) is 0 Å². The minimum absolute atomic E-state index is 0.630. The van der Waals surface area contributed by atoms with Crippen molar-refractivity contribution in [2.24, 2.45) is 0 Å². The zero-order chi connectivity index (χ0) is 7.23. The van der Waals surface area contributed by atoms with Crippen LogP contribution in [-0.2, 0) is 4.79 Å². The van der Waals surface area contributed by atoms with E-state index in [4.69, 9.17) is 0 Å². The summed E-state index contributed by atoms with van der Waals surface area (Å²) in [5.41, 5.74) is 0. The molecule has 0 aromatic heterocycles. The molecule has 10 heavy (non-hydrogen) atoms. The van der Waals surface area contributed by atoms with Crippen LogP contribution in [0.25, 0.3) is 0 Å². The van der Waals surface area contributed by atoms with Crippen LogP contribution in [-0.4, -0.2) is 44.2 Å². The standard InChI is InChI=1S/C6H12N3O/c10-6-8-5-9-3-1-7-2-4-9/h7H,1-5H2,(H,8,10). The lowest BCUT2D eigenvalue weighted by molar-refractivity contribution is 0.235. The minimum atomic E-state index is 0.630. The van der Waals surface area contributed by atoms with Crippen molar-refractivity contribution in [2.45, 2.75) is 0 Å². The smallest absolute Gasteiger partial charge is 0.310 e. The number of amides is 1. The number of carbonyl (C=O) groups excluding carboxylic acids is 1. The average molecular weight is 142 g/mol. The molecule has 1 radical (unpaired) electrons. The molecule has 0 aromatic carbocycles. The Labute approximate surface area is 60.6 Å².